The first-order valence-corrected chi connectivity index (χ1v) is 6.47. The molecule has 0 atom stereocenters. The highest BCUT2D eigenvalue weighted by Crippen LogP contribution is 2.19. The number of hydrogen-bond acceptors (Lipinski definition) is 5. The first-order chi connectivity index (χ1) is 8.69. The van der Waals surface area contributed by atoms with E-state index >= 15 is 0 Å². The minimum absolute atomic E-state index is 0.331. The second kappa shape index (κ2) is 5.52. The fraction of sp³-hybridized carbons (Fsp3) is 0.231. The van der Waals surface area contributed by atoms with Crippen LogP contribution in [0.25, 0.3) is 0 Å². The molecular formula is C13H14N4S. The van der Waals surface area contributed by atoms with Crippen molar-refractivity contribution >= 4 is 22.7 Å². The van der Waals surface area contributed by atoms with E-state index in [2.05, 4.69) is 16.4 Å². The lowest BCUT2D eigenvalue weighted by Crippen LogP contribution is -2.01. The number of rotatable bonds is 4. The van der Waals surface area contributed by atoms with Gasteiger partial charge >= 0.3 is 0 Å². The first-order valence-electron chi connectivity index (χ1n) is 5.59. The summed E-state index contributed by atoms with van der Waals surface area (Å²) in [4.78, 5) is 4.38. The SMILES string of the molecule is Cc1nc(CNc2ccc(N)c(CC#N)c2)cs1. The molecule has 0 radical (unpaired) electrons. The summed E-state index contributed by atoms with van der Waals surface area (Å²) in [5.74, 6) is 0. The van der Waals surface area contributed by atoms with Gasteiger partial charge in [-0.2, -0.15) is 5.26 Å². The van der Waals surface area contributed by atoms with Crippen molar-refractivity contribution in [2.45, 2.75) is 19.9 Å². The van der Waals surface area contributed by atoms with Crippen LogP contribution in [0.1, 0.15) is 16.3 Å². The molecule has 92 valence electrons. The normalized spacial score (nSPS) is 10.0. The number of nitrogens with two attached hydrogens (primary N) is 1. The molecule has 0 fully saturated rings. The van der Waals surface area contributed by atoms with Crippen LogP contribution in [-0.2, 0) is 13.0 Å². The van der Waals surface area contributed by atoms with E-state index in [1.54, 1.807) is 11.3 Å². The third-order valence-corrected chi connectivity index (χ3v) is 3.38. The number of nitrogens with one attached hydrogen (secondary N) is 1. The lowest BCUT2D eigenvalue weighted by molar-refractivity contribution is 1.05. The third-order valence-electron chi connectivity index (χ3n) is 2.55. The Kier molecular flexibility index (Phi) is 3.80. The zero-order chi connectivity index (χ0) is 13.0. The predicted octanol–water partition coefficient (Wildman–Crippen LogP) is 2.71. The van der Waals surface area contributed by atoms with Crippen molar-refractivity contribution in [2.24, 2.45) is 0 Å². The average molecular weight is 258 g/mol. The maximum absolute atomic E-state index is 8.71. The standard InChI is InChI=1S/C13H14N4S/c1-9-17-12(8-18-9)7-16-11-2-3-13(15)10(6-11)4-5-14/h2-3,6,8,16H,4,7,15H2,1H3. The Bertz CT molecular complexity index is 583. The molecule has 1 aromatic heterocycles. The average Bonchev–Trinajstić information content (AvgIpc) is 2.76. The second-order valence-corrected chi connectivity index (χ2v) is 5.02. The number of nitrogens with zero attached hydrogens (tertiary/aromatic N) is 2. The van der Waals surface area contributed by atoms with Crippen LogP contribution in [-0.4, -0.2) is 4.98 Å². The van der Waals surface area contributed by atoms with Gasteiger partial charge in [-0.05, 0) is 30.7 Å². The summed E-state index contributed by atoms with van der Waals surface area (Å²) < 4.78 is 0. The van der Waals surface area contributed by atoms with E-state index in [0.29, 0.717) is 18.7 Å². The number of thiazole rings is 1. The highest BCUT2D eigenvalue weighted by molar-refractivity contribution is 7.09. The Morgan fingerprint density at radius 2 is 2.33 bits per heavy atom. The number of nitriles is 1. The molecule has 4 nitrogen and oxygen atoms in total. The number of aryl methyl sites for hydroxylation is 1. The van der Waals surface area contributed by atoms with E-state index in [4.69, 9.17) is 11.0 Å². The molecule has 1 heterocycles. The monoisotopic (exact) mass is 258 g/mol. The molecule has 5 heteroatoms. The highest BCUT2D eigenvalue weighted by Gasteiger charge is 2.02. The lowest BCUT2D eigenvalue weighted by Gasteiger charge is -2.08. The first kappa shape index (κ1) is 12.4. The van der Waals surface area contributed by atoms with Crippen LogP contribution in [0, 0.1) is 18.3 Å². The van der Waals surface area contributed by atoms with Gasteiger partial charge in [0.25, 0.3) is 0 Å². The van der Waals surface area contributed by atoms with Gasteiger partial charge in [-0.3, -0.25) is 0 Å². The molecule has 0 aliphatic rings. The van der Waals surface area contributed by atoms with Gasteiger partial charge in [0, 0.05) is 16.8 Å². The van der Waals surface area contributed by atoms with Gasteiger partial charge in [0.1, 0.15) is 0 Å². The maximum Gasteiger partial charge on any atom is 0.0898 e. The van der Waals surface area contributed by atoms with Crippen LogP contribution in [0.5, 0.6) is 0 Å². The van der Waals surface area contributed by atoms with Gasteiger partial charge in [-0.25, -0.2) is 4.98 Å². The smallest absolute Gasteiger partial charge is 0.0898 e. The molecular weight excluding hydrogens is 244 g/mol. The molecule has 0 unspecified atom stereocenters. The molecule has 0 spiro atoms. The highest BCUT2D eigenvalue weighted by atomic mass is 32.1. The molecule has 2 rings (SSSR count). The summed E-state index contributed by atoms with van der Waals surface area (Å²) in [6.07, 6.45) is 0.331. The topological polar surface area (TPSA) is 74.7 Å². The molecule has 0 saturated heterocycles. The number of hydrogen-bond donors (Lipinski definition) is 2. The van der Waals surface area contributed by atoms with Crippen molar-refractivity contribution in [1.29, 1.82) is 5.26 Å². The van der Waals surface area contributed by atoms with Gasteiger partial charge in [0.05, 0.1) is 29.7 Å². The number of benzene rings is 1. The van der Waals surface area contributed by atoms with Crippen LogP contribution in [0.15, 0.2) is 23.6 Å². The molecule has 0 aliphatic carbocycles. The van der Waals surface area contributed by atoms with Crippen LogP contribution in [0.4, 0.5) is 11.4 Å². The summed E-state index contributed by atoms with van der Waals surface area (Å²) in [5.41, 5.74) is 9.30. The van der Waals surface area contributed by atoms with Crippen LogP contribution in [0.2, 0.25) is 0 Å². The van der Waals surface area contributed by atoms with Crippen molar-refractivity contribution in [1.82, 2.24) is 4.98 Å². The van der Waals surface area contributed by atoms with Crippen LogP contribution in [0.3, 0.4) is 0 Å². The number of anilines is 2. The van der Waals surface area contributed by atoms with Crippen molar-refractivity contribution in [3.05, 3.63) is 39.8 Å². The lowest BCUT2D eigenvalue weighted by atomic mass is 10.1. The Morgan fingerprint density at radius 3 is 3.00 bits per heavy atom. The Hall–Kier alpha value is -2.06. The summed E-state index contributed by atoms with van der Waals surface area (Å²) in [6.45, 7) is 2.67. The van der Waals surface area contributed by atoms with Crippen molar-refractivity contribution in [3.63, 3.8) is 0 Å². The van der Waals surface area contributed by atoms with E-state index in [9.17, 15) is 0 Å². The molecule has 0 aliphatic heterocycles. The number of nitrogen functional groups attached to an aromatic ring is 1. The molecule has 0 amide bonds. The fourth-order valence-electron chi connectivity index (χ4n) is 1.64. The van der Waals surface area contributed by atoms with Gasteiger partial charge in [-0.15, -0.1) is 11.3 Å². The fourth-order valence-corrected chi connectivity index (χ4v) is 2.25. The Balaban J connectivity index is 2.05. The second-order valence-electron chi connectivity index (χ2n) is 3.96. The maximum atomic E-state index is 8.71. The summed E-state index contributed by atoms with van der Waals surface area (Å²) in [7, 11) is 0. The van der Waals surface area contributed by atoms with E-state index in [0.717, 1.165) is 22.0 Å². The summed E-state index contributed by atoms with van der Waals surface area (Å²) in [6, 6.07) is 7.76. The zero-order valence-corrected chi connectivity index (χ0v) is 10.9. The van der Waals surface area contributed by atoms with E-state index in [1.165, 1.54) is 0 Å². The molecule has 18 heavy (non-hydrogen) atoms. The third kappa shape index (κ3) is 2.99. The van der Waals surface area contributed by atoms with Crippen LogP contribution >= 0.6 is 11.3 Å². The van der Waals surface area contributed by atoms with Gasteiger partial charge in [-0.1, -0.05) is 0 Å². The van der Waals surface area contributed by atoms with E-state index in [-0.39, 0.29) is 0 Å². The van der Waals surface area contributed by atoms with Crippen molar-refractivity contribution in [2.75, 3.05) is 11.1 Å². The van der Waals surface area contributed by atoms with Gasteiger partial charge in [0.15, 0.2) is 0 Å². The largest absolute Gasteiger partial charge is 0.398 e. The molecule has 1 aromatic carbocycles. The zero-order valence-electron chi connectivity index (χ0n) is 10.1. The van der Waals surface area contributed by atoms with Crippen LogP contribution < -0.4 is 11.1 Å². The minimum Gasteiger partial charge on any atom is -0.398 e. The van der Waals surface area contributed by atoms with Crippen molar-refractivity contribution < 1.29 is 0 Å². The molecule has 2 aromatic rings. The molecule has 0 saturated carbocycles. The van der Waals surface area contributed by atoms with Gasteiger partial charge < -0.3 is 11.1 Å². The Morgan fingerprint density at radius 1 is 1.50 bits per heavy atom. The van der Waals surface area contributed by atoms with Gasteiger partial charge in [0.2, 0.25) is 0 Å². The van der Waals surface area contributed by atoms with Crippen molar-refractivity contribution in [3.8, 4) is 6.07 Å². The molecule has 3 N–H and O–H groups in total. The summed E-state index contributed by atoms with van der Waals surface area (Å²) in [5, 5.41) is 15.1. The minimum atomic E-state index is 0.331. The number of aromatic nitrogens is 1. The summed E-state index contributed by atoms with van der Waals surface area (Å²) >= 11 is 1.64. The quantitative estimate of drug-likeness (QED) is 0.827. The molecule has 0 bridgehead atoms. The van der Waals surface area contributed by atoms with E-state index in [1.807, 2.05) is 30.5 Å². The van der Waals surface area contributed by atoms with E-state index < -0.39 is 0 Å². The predicted molar refractivity (Wildman–Crippen MR) is 74.3 cm³/mol. The Labute approximate surface area is 110 Å².